The van der Waals surface area contributed by atoms with Gasteiger partial charge in [-0.15, -0.1) is 0 Å². The molecule has 5 nitrogen and oxygen atoms in total. The predicted molar refractivity (Wildman–Crippen MR) is 102 cm³/mol. The molecule has 1 aromatic heterocycles. The molecule has 0 aromatic carbocycles. The molecule has 0 spiro atoms. The van der Waals surface area contributed by atoms with Crippen molar-refractivity contribution >= 4 is 11.6 Å². The number of aromatic nitrogens is 1. The summed E-state index contributed by atoms with van der Waals surface area (Å²) < 4.78 is 38.2. The number of hydrogen-bond acceptors (Lipinski definition) is 4. The number of alkyl halides is 3. The standard InChI is InChI=1S/C20H29F3N4O/c1-12(2)8-17(19(24)28)26(3)16-6-4-13-10-27(11-15(13)16)14-5-7-18(25-9-14)20(21,22)23/h5,7,9,12-13,15-17H,4,6,8,10-11H2,1-3H3,(H2,24,28)/t13-,15+,16+,17+/m1/s1. The monoisotopic (exact) mass is 398 g/mol. The molecule has 8 heteroatoms. The maximum atomic E-state index is 12.7. The van der Waals surface area contributed by atoms with Gasteiger partial charge in [0, 0.05) is 19.1 Å². The second kappa shape index (κ2) is 7.89. The summed E-state index contributed by atoms with van der Waals surface area (Å²) in [6.45, 7) is 5.74. The Bertz CT molecular complexity index is 692. The minimum atomic E-state index is -4.42. The Kier molecular flexibility index (Phi) is 5.89. The van der Waals surface area contributed by atoms with Crippen molar-refractivity contribution in [1.82, 2.24) is 9.88 Å². The van der Waals surface area contributed by atoms with Crippen molar-refractivity contribution in [2.45, 2.75) is 51.4 Å². The van der Waals surface area contributed by atoms with Gasteiger partial charge >= 0.3 is 6.18 Å². The SMILES string of the molecule is CC(C)C[C@@H](C(N)=O)N(C)[C@H]1CC[C@@H]2CN(c3ccc(C(F)(F)F)nc3)C[C@@H]21. The molecule has 1 saturated heterocycles. The summed E-state index contributed by atoms with van der Waals surface area (Å²) in [6, 6.07) is 2.51. The molecular formula is C20H29F3N4O. The molecule has 2 fully saturated rings. The molecule has 1 aromatic rings. The van der Waals surface area contributed by atoms with Crippen LogP contribution in [0.2, 0.25) is 0 Å². The van der Waals surface area contributed by atoms with E-state index in [1.807, 2.05) is 7.05 Å². The fourth-order valence-corrected chi connectivity index (χ4v) is 4.85. The molecule has 0 bridgehead atoms. The molecular weight excluding hydrogens is 369 g/mol. The Morgan fingerprint density at radius 2 is 2.04 bits per heavy atom. The zero-order valence-corrected chi connectivity index (χ0v) is 16.6. The highest BCUT2D eigenvalue weighted by atomic mass is 19.4. The summed E-state index contributed by atoms with van der Waals surface area (Å²) >= 11 is 0. The number of carbonyl (C=O) groups excluding carboxylic acids is 1. The number of anilines is 1. The van der Waals surface area contributed by atoms with Crippen LogP contribution in [0, 0.1) is 17.8 Å². The summed E-state index contributed by atoms with van der Waals surface area (Å²) in [5, 5.41) is 0. The van der Waals surface area contributed by atoms with Crippen molar-refractivity contribution < 1.29 is 18.0 Å². The average Bonchev–Trinajstić information content (AvgIpc) is 3.18. The van der Waals surface area contributed by atoms with Gasteiger partial charge in [0.05, 0.1) is 17.9 Å². The van der Waals surface area contributed by atoms with Gasteiger partial charge in [0.25, 0.3) is 0 Å². The number of pyridine rings is 1. The smallest absolute Gasteiger partial charge is 0.370 e. The lowest BCUT2D eigenvalue weighted by molar-refractivity contribution is -0.141. The van der Waals surface area contributed by atoms with Crippen molar-refractivity contribution in [3.63, 3.8) is 0 Å². The van der Waals surface area contributed by atoms with E-state index in [0.717, 1.165) is 44.1 Å². The number of amides is 1. The molecule has 2 heterocycles. The Balaban J connectivity index is 1.70. The third-order valence-electron chi connectivity index (χ3n) is 6.26. The molecule has 3 rings (SSSR count). The number of nitrogens with zero attached hydrogens (tertiary/aromatic N) is 3. The van der Waals surface area contributed by atoms with Crippen molar-refractivity contribution in [2.24, 2.45) is 23.5 Å². The van der Waals surface area contributed by atoms with E-state index in [-0.39, 0.29) is 18.0 Å². The van der Waals surface area contributed by atoms with Crippen molar-refractivity contribution in [3.05, 3.63) is 24.0 Å². The molecule has 1 aliphatic carbocycles. The molecule has 2 aliphatic rings. The van der Waals surface area contributed by atoms with Gasteiger partial charge < -0.3 is 10.6 Å². The fourth-order valence-electron chi connectivity index (χ4n) is 4.85. The Morgan fingerprint density at radius 3 is 2.57 bits per heavy atom. The van der Waals surface area contributed by atoms with Crippen LogP contribution in [0.5, 0.6) is 0 Å². The Labute approximate surface area is 164 Å². The van der Waals surface area contributed by atoms with Gasteiger partial charge in [-0.1, -0.05) is 13.8 Å². The van der Waals surface area contributed by atoms with Gasteiger partial charge in [-0.25, -0.2) is 4.98 Å². The second-order valence-corrected chi connectivity index (χ2v) is 8.59. The summed E-state index contributed by atoms with van der Waals surface area (Å²) in [5.41, 5.74) is 5.52. The first-order valence-electron chi connectivity index (χ1n) is 9.87. The molecule has 4 atom stereocenters. The number of hydrogen-bond donors (Lipinski definition) is 1. The molecule has 28 heavy (non-hydrogen) atoms. The quantitative estimate of drug-likeness (QED) is 0.800. The maximum Gasteiger partial charge on any atom is 0.433 e. The van der Waals surface area contributed by atoms with E-state index >= 15 is 0 Å². The first-order chi connectivity index (χ1) is 13.1. The van der Waals surface area contributed by atoms with E-state index in [2.05, 4.69) is 28.6 Å². The zero-order chi connectivity index (χ0) is 20.6. The predicted octanol–water partition coefficient (Wildman–Crippen LogP) is 3.15. The Morgan fingerprint density at radius 1 is 1.32 bits per heavy atom. The van der Waals surface area contributed by atoms with Crippen molar-refractivity contribution in [3.8, 4) is 0 Å². The van der Waals surface area contributed by atoms with Gasteiger partial charge in [-0.2, -0.15) is 13.2 Å². The van der Waals surface area contributed by atoms with Crippen LogP contribution in [0.25, 0.3) is 0 Å². The number of rotatable bonds is 6. The second-order valence-electron chi connectivity index (χ2n) is 8.59. The lowest BCUT2D eigenvalue weighted by Crippen LogP contribution is -2.50. The molecule has 156 valence electrons. The van der Waals surface area contributed by atoms with E-state index in [1.165, 1.54) is 12.3 Å². The number of halogens is 3. The molecule has 1 saturated carbocycles. The fraction of sp³-hybridized carbons (Fsp3) is 0.700. The highest BCUT2D eigenvalue weighted by Gasteiger charge is 2.46. The third-order valence-corrected chi connectivity index (χ3v) is 6.26. The lowest BCUT2D eigenvalue weighted by Gasteiger charge is -2.35. The van der Waals surface area contributed by atoms with Crippen LogP contribution in [-0.4, -0.2) is 48.0 Å². The molecule has 1 aliphatic heterocycles. The molecule has 0 unspecified atom stereocenters. The van der Waals surface area contributed by atoms with Crippen molar-refractivity contribution in [1.29, 1.82) is 0 Å². The van der Waals surface area contributed by atoms with Crippen LogP contribution in [0.3, 0.4) is 0 Å². The topological polar surface area (TPSA) is 62.5 Å². The Hall–Kier alpha value is -1.83. The van der Waals surface area contributed by atoms with E-state index in [1.54, 1.807) is 0 Å². The first-order valence-corrected chi connectivity index (χ1v) is 9.87. The van der Waals surface area contributed by atoms with Crippen LogP contribution in [0.15, 0.2) is 18.3 Å². The van der Waals surface area contributed by atoms with Gasteiger partial charge in [0.2, 0.25) is 5.91 Å². The maximum absolute atomic E-state index is 12.7. The van der Waals surface area contributed by atoms with E-state index in [4.69, 9.17) is 5.73 Å². The van der Waals surface area contributed by atoms with Crippen LogP contribution in [0.1, 0.15) is 38.8 Å². The van der Waals surface area contributed by atoms with E-state index < -0.39 is 11.9 Å². The van der Waals surface area contributed by atoms with Crippen LogP contribution in [0.4, 0.5) is 18.9 Å². The summed E-state index contributed by atoms with van der Waals surface area (Å²) in [7, 11) is 1.98. The zero-order valence-electron chi connectivity index (χ0n) is 16.6. The van der Waals surface area contributed by atoms with Gasteiger partial charge in [-0.05, 0) is 56.2 Å². The minimum absolute atomic E-state index is 0.258. The molecule has 1 amide bonds. The summed E-state index contributed by atoms with van der Waals surface area (Å²) in [6.07, 6.45) is -0.307. The van der Waals surface area contributed by atoms with Gasteiger partial charge in [0.15, 0.2) is 0 Å². The van der Waals surface area contributed by atoms with Crippen LogP contribution < -0.4 is 10.6 Å². The first kappa shape index (κ1) is 20.9. The lowest BCUT2D eigenvalue weighted by atomic mass is 9.94. The molecule has 0 radical (unpaired) electrons. The van der Waals surface area contributed by atoms with Gasteiger partial charge in [-0.3, -0.25) is 9.69 Å². The summed E-state index contributed by atoms with van der Waals surface area (Å²) in [4.78, 5) is 19.8. The summed E-state index contributed by atoms with van der Waals surface area (Å²) in [5.74, 6) is 0.931. The van der Waals surface area contributed by atoms with Gasteiger partial charge in [0.1, 0.15) is 5.69 Å². The minimum Gasteiger partial charge on any atom is -0.370 e. The van der Waals surface area contributed by atoms with E-state index in [0.29, 0.717) is 17.8 Å². The highest BCUT2D eigenvalue weighted by molar-refractivity contribution is 5.79. The van der Waals surface area contributed by atoms with Crippen molar-refractivity contribution in [2.75, 3.05) is 25.0 Å². The van der Waals surface area contributed by atoms with Crippen LogP contribution in [-0.2, 0) is 11.0 Å². The number of likely N-dealkylation sites (N-methyl/N-ethyl adjacent to an activating group) is 1. The number of fused-ring (bicyclic) bond motifs is 1. The average molecular weight is 398 g/mol. The number of primary amides is 1. The van der Waals surface area contributed by atoms with Crippen LogP contribution >= 0.6 is 0 Å². The normalized spacial score (nSPS) is 26.1. The molecule has 2 N–H and O–H groups in total. The number of nitrogens with two attached hydrogens (primary N) is 1. The van der Waals surface area contributed by atoms with E-state index in [9.17, 15) is 18.0 Å². The largest absolute Gasteiger partial charge is 0.433 e. The highest BCUT2D eigenvalue weighted by Crippen LogP contribution is 2.42. The third kappa shape index (κ3) is 4.26. The number of carbonyl (C=O) groups is 1.